The molecule has 1 heteroatoms. The Hall–Kier alpha value is -0.0400. The molecule has 2 unspecified atom stereocenters. The van der Waals surface area contributed by atoms with Crippen LogP contribution in [0.15, 0.2) is 0 Å². The molecule has 0 aromatic rings. The van der Waals surface area contributed by atoms with Crippen LogP contribution in [-0.2, 0) is 0 Å². The molecular weight excluding hydrogens is 182 g/mol. The normalized spacial score (nSPS) is 28.8. The van der Waals surface area contributed by atoms with Gasteiger partial charge < -0.3 is 5.32 Å². The van der Waals surface area contributed by atoms with Gasteiger partial charge in [0.15, 0.2) is 0 Å². The highest BCUT2D eigenvalue weighted by Gasteiger charge is 2.16. The van der Waals surface area contributed by atoms with Gasteiger partial charge in [0.2, 0.25) is 0 Å². The van der Waals surface area contributed by atoms with Gasteiger partial charge in [0.1, 0.15) is 0 Å². The van der Waals surface area contributed by atoms with Crippen LogP contribution in [0.4, 0.5) is 0 Å². The summed E-state index contributed by atoms with van der Waals surface area (Å²) in [5.74, 6) is 0.958. The molecule has 1 nitrogen and oxygen atoms in total. The van der Waals surface area contributed by atoms with Crippen LogP contribution in [0.25, 0.3) is 0 Å². The van der Waals surface area contributed by atoms with Gasteiger partial charge in [-0.3, -0.25) is 0 Å². The molecule has 1 aliphatic carbocycles. The summed E-state index contributed by atoms with van der Waals surface area (Å²) in [6.45, 7) is 10.6. The van der Waals surface area contributed by atoms with Crippen LogP contribution in [0.3, 0.4) is 0 Å². The lowest BCUT2D eigenvalue weighted by Crippen LogP contribution is -2.31. The van der Waals surface area contributed by atoms with Crippen molar-refractivity contribution in [2.45, 2.75) is 72.3 Å². The molecule has 90 valence electrons. The maximum Gasteiger partial charge on any atom is 0.00671 e. The van der Waals surface area contributed by atoms with E-state index in [2.05, 4.69) is 33.0 Å². The second-order valence-electron chi connectivity index (χ2n) is 6.58. The number of hydrogen-bond donors (Lipinski definition) is 1. The van der Waals surface area contributed by atoms with E-state index in [1.54, 1.807) is 0 Å². The first kappa shape index (κ1) is 13.0. The van der Waals surface area contributed by atoms with E-state index in [0.717, 1.165) is 12.0 Å². The van der Waals surface area contributed by atoms with Crippen molar-refractivity contribution < 1.29 is 0 Å². The first-order chi connectivity index (χ1) is 6.97. The molecule has 2 atom stereocenters. The average Bonchev–Trinajstić information content (AvgIpc) is 2.29. The second-order valence-corrected chi connectivity index (χ2v) is 6.58. The Balaban J connectivity index is 2.15. The largest absolute Gasteiger partial charge is 0.314 e. The fourth-order valence-corrected chi connectivity index (χ4v) is 2.34. The molecule has 0 spiro atoms. The minimum absolute atomic E-state index is 0.477. The topological polar surface area (TPSA) is 12.0 Å². The molecule has 1 aliphatic rings. The molecular formula is C14H29N. The van der Waals surface area contributed by atoms with Crippen LogP contribution in [0.2, 0.25) is 0 Å². The van der Waals surface area contributed by atoms with Crippen LogP contribution in [0.5, 0.6) is 0 Å². The lowest BCUT2D eigenvalue weighted by atomic mass is 9.92. The third-order valence-electron chi connectivity index (χ3n) is 3.57. The second kappa shape index (κ2) is 5.89. The maximum absolute atomic E-state index is 3.74. The van der Waals surface area contributed by atoms with E-state index in [4.69, 9.17) is 0 Å². The van der Waals surface area contributed by atoms with Gasteiger partial charge in [-0.1, -0.05) is 40.5 Å². The summed E-state index contributed by atoms with van der Waals surface area (Å²) in [5, 5.41) is 3.74. The Labute approximate surface area is 96.0 Å². The van der Waals surface area contributed by atoms with Crippen molar-refractivity contribution >= 4 is 0 Å². The van der Waals surface area contributed by atoms with Gasteiger partial charge in [-0.25, -0.2) is 0 Å². The van der Waals surface area contributed by atoms with Crippen molar-refractivity contribution in [3.05, 3.63) is 0 Å². The molecule has 0 heterocycles. The van der Waals surface area contributed by atoms with Crippen LogP contribution < -0.4 is 5.32 Å². The summed E-state index contributed by atoms with van der Waals surface area (Å²) in [6.07, 6.45) is 8.37. The Morgan fingerprint density at radius 2 is 1.80 bits per heavy atom. The van der Waals surface area contributed by atoms with E-state index in [9.17, 15) is 0 Å². The third-order valence-corrected chi connectivity index (χ3v) is 3.57. The Morgan fingerprint density at radius 1 is 1.07 bits per heavy atom. The van der Waals surface area contributed by atoms with Gasteiger partial charge >= 0.3 is 0 Å². The van der Waals surface area contributed by atoms with Crippen molar-refractivity contribution in [1.29, 1.82) is 0 Å². The van der Waals surface area contributed by atoms with Crippen molar-refractivity contribution in [2.24, 2.45) is 11.3 Å². The Bertz CT molecular complexity index is 169. The highest BCUT2D eigenvalue weighted by molar-refractivity contribution is 4.74. The number of rotatable bonds is 3. The van der Waals surface area contributed by atoms with E-state index in [0.29, 0.717) is 5.41 Å². The van der Waals surface area contributed by atoms with Crippen molar-refractivity contribution in [3.8, 4) is 0 Å². The molecule has 1 rings (SSSR count). The minimum atomic E-state index is 0.477. The minimum Gasteiger partial charge on any atom is -0.314 e. The van der Waals surface area contributed by atoms with E-state index in [-0.39, 0.29) is 0 Å². The zero-order valence-corrected chi connectivity index (χ0v) is 11.1. The Morgan fingerprint density at radius 3 is 2.47 bits per heavy atom. The molecule has 0 aliphatic heterocycles. The predicted octanol–water partition coefficient (Wildman–Crippen LogP) is 3.98. The molecule has 0 aromatic heterocycles. The van der Waals surface area contributed by atoms with Gasteiger partial charge in [0.25, 0.3) is 0 Å². The van der Waals surface area contributed by atoms with Crippen LogP contribution >= 0.6 is 0 Å². The molecule has 0 radical (unpaired) electrons. The molecule has 0 aromatic carbocycles. The fourth-order valence-electron chi connectivity index (χ4n) is 2.34. The van der Waals surface area contributed by atoms with Gasteiger partial charge in [0.05, 0.1) is 0 Å². The quantitative estimate of drug-likeness (QED) is 0.696. The first-order valence-corrected chi connectivity index (χ1v) is 6.71. The predicted molar refractivity (Wildman–Crippen MR) is 68.1 cm³/mol. The molecule has 0 amide bonds. The lowest BCUT2D eigenvalue weighted by molar-refractivity contribution is 0.344. The zero-order chi connectivity index (χ0) is 11.3. The standard InChI is InChI=1S/C14H29N/c1-12-6-5-7-13(9-8-12)15-11-10-14(2,3)4/h12-13,15H,5-11H2,1-4H3. The third kappa shape index (κ3) is 6.19. The van der Waals surface area contributed by atoms with Gasteiger partial charge in [0, 0.05) is 6.04 Å². The zero-order valence-electron chi connectivity index (χ0n) is 11.1. The highest BCUT2D eigenvalue weighted by atomic mass is 14.9. The molecule has 1 N–H and O–H groups in total. The summed E-state index contributed by atoms with van der Waals surface area (Å²) in [4.78, 5) is 0. The molecule has 15 heavy (non-hydrogen) atoms. The molecule has 1 fully saturated rings. The number of nitrogens with one attached hydrogen (secondary N) is 1. The van der Waals surface area contributed by atoms with Gasteiger partial charge in [-0.2, -0.15) is 0 Å². The highest BCUT2D eigenvalue weighted by Crippen LogP contribution is 2.23. The van der Waals surface area contributed by atoms with Gasteiger partial charge in [-0.15, -0.1) is 0 Å². The summed E-state index contributed by atoms with van der Waals surface area (Å²) < 4.78 is 0. The van der Waals surface area contributed by atoms with E-state index in [1.807, 2.05) is 0 Å². The van der Waals surface area contributed by atoms with Crippen molar-refractivity contribution in [1.82, 2.24) is 5.32 Å². The van der Waals surface area contributed by atoms with Gasteiger partial charge in [-0.05, 0) is 43.6 Å². The van der Waals surface area contributed by atoms with E-state index < -0.39 is 0 Å². The monoisotopic (exact) mass is 211 g/mol. The molecule has 0 bridgehead atoms. The van der Waals surface area contributed by atoms with Crippen LogP contribution in [0, 0.1) is 11.3 Å². The van der Waals surface area contributed by atoms with Crippen LogP contribution in [0.1, 0.15) is 66.2 Å². The fraction of sp³-hybridized carbons (Fsp3) is 1.00. The maximum atomic E-state index is 3.74. The van der Waals surface area contributed by atoms with E-state index in [1.165, 1.54) is 45.1 Å². The summed E-state index contributed by atoms with van der Waals surface area (Å²) >= 11 is 0. The summed E-state index contributed by atoms with van der Waals surface area (Å²) in [6, 6.07) is 0.803. The SMILES string of the molecule is CC1CCCC(NCCC(C)(C)C)CC1. The van der Waals surface area contributed by atoms with Crippen molar-refractivity contribution in [2.75, 3.05) is 6.54 Å². The van der Waals surface area contributed by atoms with E-state index >= 15 is 0 Å². The van der Waals surface area contributed by atoms with Crippen molar-refractivity contribution in [3.63, 3.8) is 0 Å². The average molecular weight is 211 g/mol. The molecule has 1 saturated carbocycles. The Kier molecular flexibility index (Phi) is 5.11. The smallest absolute Gasteiger partial charge is 0.00671 e. The molecule has 0 saturated heterocycles. The van der Waals surface area contributed by atoms with Crippen LogP contribution in [-0.4, -0.2) is 12.6 Å². The lowest BCUT2D eigenvalue weighted by Gasteiger charge is -2.22. The first-order valence-electron chi connectivity index (χ1n) is 6.71. The summed E-state index contributed by atoms with van der Waals surface area (Å²) in [5.41, 5.74) is 0.477. The number of hydrogen-bond acceptors (Lipinski definition) is 1. The summed E-state index contributed by atoms with van der Waals surface area (Å²) in [7, 11) is 0.